The largest absolute Gasteiger partial charge is 0.0706 e. The molecule has 0 aliphatic rings. The van der Waals surface area contributed by atoms with Gasteiger partial charge in [-0.25, -0.2) is 0 Å². The summed E-state index contributed by atoms with van der Waals surface area (Å²) in [5.74, 6) is 0. The van der Waals surface area contributed by atoms with Crippen LogP contribution in [0.2, 0.25) is 0 Å². The van der Waals surface area contributed by atoms with Crippen molar-refractivity contribution in [1.82, 2.24) is 0 Å². The highest BCUT2D eigenvalue weighted by Gasteiger charge is 1.92. The molecule has 0 nitrogen and oxygen atoms in total. The molecule has 0 aromatic rings. The Hall–Kier alpha value is -0.0400. The van der Waals surface area contributed by atoms with Crippen molar-refractivity contribution in [3.05, 3.63) is 21.7 Å². The van der Waals surface area contributed by atoms with Crippen molar-refractivity contribution < 1.29 is 0 Å². The molecule has 0 N–H and O–H groups in total. The average molecular weight is 217 g/mol. The van der Waals surface area contributed by atoms with Gasteiger partial charge in [0.1, 0.15) is 0 Å². The first-order valence-electron chi connectivity index (χ1n) is 4.14. The van der Waals surface area contributed by atoms with Gasteiger partial charge in [0.2, 0.25) is 0 Å². The molecule has 0 heterocycles. The van der Waals surface area contributed by atoms with E-state index in [-0.39, 0.29) is 0 Å². The Balaban J connectivity index is 4.37. The summed E-state index contributed by atoms with van der Waals surface area (Å²) in [6, 6.07) is 0. The van der Waals surface area contributed by atoms with Gasteiger partial charge in [0.25, 0.3) is 0 Å². The second kappa shape index (κ2) is 5.59. The Morgan fingerprint density at radius 2 is 1.73 bits per heavy atom. The highest BCUT2D eigenvalue weighted by molar-refractivity contribution is 9.11. The third-order valence-electron chi connectivity index (χ3n) is 1.91. The Morgan fingerprint density at radius 1 is 1.18 bits per heavy atom. The van der Waals surface area contributed by atoms with Crippen LogP contribution in [0.1, 0.15) is 40.5 Å². The van der Waals surface area contributed by atoms with Gasteiger partial charge in [0, 0.05) is 0 Å². The van der Waals surface area contributed by atoms with E-state index in [4.69, 9.17) is 0 Å². The van der Waals surface area contributed by atoms with Gasteiger partial charge < -0.3 is 0 Å². The van der Waals surface area contributed by atoms with E-state index in [0.717, 1.165) is 12.8 Å². The lowest BCUT2D eigenvalue weighted by Crippen LogP contribution is -1.79. The highest BCUT2D eigenvalue weighted by Crippen LogP contribution is 2.16. The van der Waals surface area contributed by atoms with Crippen molar-refractivity contribution in [2.75, 3.05) is 0 Å². The molecule has 64 valence electrons. The van der Waals surface area contributed by atoms with Crippen LogP contribution in [-0.4, -0.2) is 0 Å². The number of hydrogen-bond acceptors (Lipinski definition) is 0. The molecule has 0 bridgehead atoms. The van der Waals surface area contributed by atoms with Crippen LogP contribution in [0.5, 0.6) is 0 Å². The molecular weight excluding hydrogens is 200 g/mol. The second-order valence-corrected chi connectivity index (χ2v) is 3.78. The van der Waals surface area contributed by atoms with Crippen molar-refractivity contribution in [2.24, 2.45) is 0 Å². The number of halogens is 1. The van der Waals surface area contributed by atoms with E-state index in [9.17, 15) is 0 Å². The topological polar surface area (TPSA) is 0 Å². The maximum Gasteiger partial charge on any atom is -0.00495 e. The molecule has 0 rings (SSSR count). The zero-order valence-electron chi connectivity index (χ0n) is 7.87. The number of hydrogen-bond donors (Lipinski definition) is 0. The normalized spacial score (nSPS) is 14.8. The van der Waals surface area contributed by atoms with Gasteiger partial charge in [-0.1, -0.05) is 40.9 Å². The second-order valence-electron chi connectivity index (χ2n) is 2.76. The van der Waals surface area contributed by atoms with Gasteiger partial charge in [-0.3, -0.25) is 0 Å². The summed E-state index contributed by atoms with van der Waals surface area (Å²) >= 11 is 3.50. The molecule has 0 aromatic heterocycles. The minimum absolute atomic E-state index is 1.08. The van der Waals surface area contributed by atoms with Crippen LogP contribution >= 0.6 is 15.9 Å². The molecule has 0 amide bonds. The third kappa shape index (κ3) is 4.41. The molecule has 0 atom stereocenters. The van der Waals surface area contributed by atoms with Crippen LogP contribution < -0.4 is 0 Å². The van der Waals surface area contributed by atoms with Gasteiger partial charge in [-0.05, 0) is 37.2 Å². The SMILES string of the molecule is CCC(C)=C(C)/C=C(/Br)CC. The molecule has 1 heteroatoms. The van der Waals surface area contributed by atoms with E-state index in [1.807, 2.05) is 0 Å². The molecule has 0 saturated carbocycles. The Bertz CT molecular complexity index is 175. The zero-order chi connectivity index (χ0) is 8.85. The van der Waals surface area contributed by atoms with Crippen LogP contribution in [-0.2, 0) is 0 Å². The molecule has 0 spiro atoms. The van der Waals surface area contributed by atoms with Crippen LogP contribution in [0.4, 0.5) is 0 Å². The third-order valence-corrected chi connectivity index (χ3v) is 2.70. The molecule has 11 heavy (non-hydrogen) atoms. The lowest BCUT2D eigenvalue weighted by atomic mass is 10.1. The predicted octanol–water partition coefficient (Wildman–Crippen LogP) is 4.42. The molecule has 0 aromatic carbocycles. The smallest absolute Gasteiger partial charge is 0.00495 e. The van der Waals surface area contributed by atoms with Crippen molar-refractivity contribution >= 4 is 15.9 Å². The van der Waals surface area contributed by atoms with Gasteiger partial charge in [0.15, 0.2) is 0 Å². The Kier molecular flexibility index (Phi) is 5.57. The van der Waals surface area contributed by atoms with Gasteiger partial charge in [0.05, 0.1) is 0 Å². The highest BCUT2D eigenvalue weighted by atomic mass is 79.9. The van der Waals surface area contributed by atoms with Crippen LogP contribution in [0.15, 0.2) is 21.7 Å². The molecule has 0 fully saturated rings. The summed E-state index contributed by atoms with van der Waals surface area (Å²) in [5, 5.41) is 0. The minimum atomic E-state index is 1.08. The average Bonchev–Trinajstić information content (AvgIpc) is 2.02. The fourth-order valence-electron chi connectivity index (χ4n) is 0.739. The Morgan fingerprint density at radius 3 is 2.09 bits per heavy atom. The monoisotopic (exact) mass is 216 g/mol. The summed E-state index contributed by atoms with van der Waals surface area (Å²) < 4.78 is 1.28. The van der Waals surface area contributed by atoms with Gasteiger partial charge >= 0.3 is 0 Å². The van der Waals surface area contributed by atoms with E-state index in [0.29, 0.717) is 0 Å². The molecule has 0 aliphatic carbocycles. The maximum atomic E-state index is 3.50. The summed E-state index contributed by atoms with van der Waals surface area (Å²) in [6.45, 7) is 8.68. The van der Waals surface area contributed by atoms with E-state index >= 15 is 0 Å². The van der Waals surface area contributed by atoms with Crippen LogP contribution in [0.3, 0.4) is 0 Å². The van der Waals surface area contributed by atoms with Crippen molar-refractivity contribution in [2.45, 2.75) is 40.5 Å². The quantitative estimate of drug-likeness (QED) is 0.614. The van der Waals surface area contributed by atoms with Crippen molar-refractivity contribution in [3.63, 3.8) is 0 Å². The van der Waals surface area contributed by atoms with Gasteiger partial charge in [-0.2, -0.15) is 0 Å². The van der Waals surface area contributed by atoms with Crippen LogP contribution in [0.25, 0.3) is 0 Å². The summed E-state index contributed by atoms with van der Waals surface area (Å²) in [5.41, 5.74) is 2.86. The van der Waals surface area contributed by atoms with E-state index in [1.54, 1.807) is 0 Å². The van der Waals surface area contributed by atoms with E-state index in [2.05, 4.69) is 49.7 Å². The molecular formula is C10H17Br. The van der Waals surface area contributed by atoms with E-state index < -0.39 is 0 Å². The number of rotatable bonds is 3. The first kappa shape index (κ1) is 11.0. The summed E-state index contributed by atoms with van der Waals surface area (Å²) in [7, 11) is 0. The molecule has 0 radical (unpaired) electrons. The maximum absolute atomic E-state index is 3.50. The fourth-order valence-corrected chi connectivity index (χ4v) is 1.08. The molecule has 0 saturated heterocycles. The fraction of sp³-hybridized carbons (Fsp3) is 0.600. The van der Waals surface area contributed by atoms with Crippen LogP contribution in [0, 0.1) is 0 Å². The van der Waals surface area contributed by atoms with E-state index in [1.165, 1.54) is 15.6 Å². The van der Waals surface area contributed by atoms with Crippen molar-refractivity contribution in [3.8, 4) is 0 Å². The zero-order valence-corrected chi connectivity index (χ0v) is 9.46. The molecule has 0 unspecified atom stereocenters. The predicted molar refractivity (Wildman–Crippen MR) is 56.0 cm³/mol. The molecule has 0 aliphatic heterocycles. The van der Waals surface area contributed by atoms with Crippen molar-refractivity contribution in [1.29, 1.82) is 0 Å². The summed E-state index contributed by atoms with van der Waals surface area (Å²) in [4.78, 5) is 0. The number of allylic oxidation sites excluding steroid dienone is 4. The minimum Gasteiger partial charge on any atom is -0.0706 e. The summed E-state index contributed by atoms with van der Waals surface area (Å²) in [6.07, 6.45) is 4.43. The first-order valence-corrected chi connectivity index (χ1v) is 4.93. The lowest BCUT2D eigenvalue weighted by molar-refractivity contribution is 1.07. The lowest BCUT2D eigenvalue weighted by Gasteiger charge is -2.00. The Labute approximate surface area is 78.5 Å². The standard InChI is InChI=1S/C10H17Br/c1-5-8(3)9(4)7-10(11)6-2/h7H,5-6H2,1-4H3/b9-8?,10-7+. The van der Waals surface area contributed by atoms with Gasteiger partial charge in [-0.15, -0.1) is 0 Å². The first-order chi connectivity index (χ1) is 5.11.